The zero-order valence-corrected chi connectivity index (χ0v) is 15.4. The molecule has 1 saturated heterocycles. The van der Waals surface area contributed by atoms with Crippen molar-refractivity contribution in [3.05, 3.63) is 45.6 Å². The molecule has 132 valence electrons. The van der Waals surface area contributed by atoms with Crippen LogP contribution >= 0.6 is 22.9 Å². The average Bonchev–Trinajstić information content (AvgIpc) is 3.16. The first kappa shape index (κ1) is 17.8. The number of hydrogen-bond acceptors (Lipinski definition) is 4. The van der Waals surface area contributed by atoms with Crippen LogP contribution < -0.4 is 10.1 Å². The third kappa shape index (κ3) is 4.14. The summed E-state index contributed by atoms with van der Waals surface area (Å²) in [6.07, 6.45) is 1.59. The lowest BCUT2D eigenvalue weighted by atomic mass is 9.97. The number of nitrogens with zero attached hydrogens (tertiary/aromatic N) is 1. The molecule has 1 atom stereocenters. The van der Waals surface area contributed by atoms with Crippen LogP contribution in [0.1, 0.15) is 22.5 Å². The number of likely N-dealkylation sites (tertiary alicyclic amines) is 1. The van der Waals surface area contributed by atoms with Gasteiger partial charge in [0.15, 0.2) is 0 Å². The Kier molecular flexibility index (Phi) is 5.60. The standard InChI is InChI=1S/C18H19ClN2O3S/c1-24-15-7-6-13(10-14(15)19)20-17(22)12-4-2-8-21(11-12)18(23)16-5-3-9-25-16/h3,5-7,9-10,12H,2,4,8,11H2,1H3,(H,20,22). The smallest absolute Gasteiger partial charge is 0.263 e. The predicted molar refractivity (Wildman–Crippen MR) is 99.6 cm³/mol. The Balaban J connectivity index is 1.64. The number of nitrogens with one attached hydrogen (secondary N) is 1. The van der Waals surface area contributed by atoms with Gasteiger partial charge in [-0.2, -0.15) is 0 Å². The van der Waals surface area contributed by atoms with Gasteiger partial charge in [-0.25, -0.2) is 0 Å². The van der Waals surface area contributed by atoms with E-state index in [1.54, 1.807) is 30.2 Å². The topological polar surface area (TPSA) is 58.6 Å². The minimum atomic E-state index is -0.224. The quantitative estimate of drug-likeness (QED) is 0.877. The highest BCUT2D eigenvalue weighted by molar-refractivity contribution is 7.12. The lowest BCUT2D eigenvalue weighted by Gasteiger charge is -2.31. The molecule has 0 bridgehead atoms. The Hall–Kier alpha value is -2.05. The molecule has 1 aliphatic rings. The molecule has 2 amide bonds. The number of thiophene rings is 1. The SMILES string of the molecule is COc1ccc(NC(=O)C2CCCN(C(=O)c3cccs3)C2)cc1Cl. The molecule has 0 aliphatic carbocycles. The number of halogens is 1. The zero-order valence-electron chi connectivity index (χ0n) is 13.8. The van der Waals surface area contributed by atoms with Gasteiger partial charge in [-0.05, 0) is 42.5 Å². The highest BCUT2D eigenvalue weighted by atomic mass is 35.5. The number of hydrogen-bond donors (Lipinski definition) is 1. The van der Waals surface area contributed by atoms with Crippen molar-refractivity contribution < 1.29 is 14.3 Å². The van der Waals surface area contributed by atoms with E-state index in [1.165, 1.54) is 11.3 Å². The van der Waals surface area contributed by atoms with Gasteiger partial charge >= 0.3 is 0 Å². The summed E-state index contributed by atoms with van der Waals surface area (Å²) in [7, 11) is 1.54. The van der Waals surface area contributed by atoms with Crippen LogP contribution in [0.2, 0.25) is 5.02 Å². The third-order valence-electron chi connectivity index (χ3n) is 4.23. The zero-order chi connectivity index (χ0) is 17.8. The van der Waals surface area contributed by atoms with Gasteiger partial charge in [0, 0.05) is 18.8 Å². The second-order valence-corrected chi connectivity index (χ2v) is 7.26. The van der Waals surface area contributed by atoms with Crippen molar-refractivity contribution in [1.82, 2.24) is 4.90 Å². The largest absolute Gasteiger partial charge is 0.495 e. The number of methoxy groups -OCH3 is 1. The Bertz CT molecular complexity index is 764. The fourth-order valence-corrected chi connectivity index (χ4v) is 3.87. The maximum absolute atomic E-state index is 12.6. The molecule has 1 unspecified atom stereocenters. The van der Waals surface area contributed by atoms with Gasteiger partial charge in [0.1, 0.15) is 5.75 Å². The molecule has 25 heavy (non-hydrogen) atoms. The van der Waals surface area contributed by atoms with Crippen LogP contribution in [0.3, 0.4) is 0 Å². The summed E-state index contributed by atoms with van der Waals surface area (Å²) in [5.41, 5.74) is 0.623. The van der Waals surface area contributed by atoms with Crippen molar-refractivity contribution in [3.8, 4) is 5.75 Å². The predicted octanol–water partition coefficient (Wildman–Crippen LogP) is 3.90. The van der Waals surface area contributed by atoms with Crippen LogP contribution in [0.25, 0.3) is 0 Å². The Morgan fingerprint density at radius 2 is 2.20 bits per heavy atom. The van der Waals surface area contributed by atoms with E-state index in [0.29, 0.717) is 34.4 Å². The molecule has 7 heteroatoms. The van der Waals surface area contributed by atoms with Gasteiger partial charge in [0.25, 0.3) is 5.91 Å². The van der Waals surface area contributed by atoms with Gasteiger partial charge in [-0.1, -0.05) is 17.7 Å². The molecule has 2 aromatic rings. The van der Waals surface area contributed by atoms with Crippen LogP contribution in [0.15, 0.2) is 35.7 Å². The summed E-state index contributed by atoms with van der Waals surface area (Å²) >= 11 is 7.52. The molecule has 1 aromatic carbocycles. The van der Waals surface area contributed by atoms with Gasteiger partial charge in [-0.3, -0.25) is 9.59 Å². The summed E-state index contributed by atoms with van der Waals surface area (Å²) in [6, 6.07) is 8.80. The summed E-state index contributed by atoms with van der Waals surface area (Å²) < 4.78 is 5.11. The third-order valence-corrected chi connectivity index (χ3v) is 5.38. The summed E-state index contributed by atoms with van der Waals surface area (Å²) in [6.45, 7) is 1.13. The molecule has 1 N–H and O–H groups in total. The van der Waals surface area contributed by atoms with Crippen molar-refractivity contribution in [2.45, 2.75) is 12.8 Å². The molecule has 0 spiro atoms. The van der Waals surface area contributed by atoms with E-state index in [0.717, 1.165) is 12.8 Å². The van der Waals surface area contributed by atoms with E-state index in [2.05, 4.69) is 5.32 Å². The summed E-state index contributed by atoms with van der Waals surface area (Å²) in [5.74, 6) is 0.244. The maximum Gasteiger partial charge on any atom is 0.263 e. The number of amides is 2. The number of carbonyl (C=O) groups is 2. The second-order valence-electron chi connectivity index (χ2n) is 5.91. The minimum Gasteiger partial charge on any atom is -0.495 e. The Labute approximate surface area is 155 Å². The van der Waals surface area contributed by atoms with E-state index < -0.39 is 0 Å². The van der Waals surface area contributed by atoms with E-state index in [1.807, 2.05) is 17.5 Å². The monoisotopic (exact) mass is 378 g/mol. The number of anilines is 1. The molecule has 1 aliphatic heterocycles. The number of ether oxygens (including phenoxy) is 1. The van der Waals surface area contributed by atoms with Gasteiger partial charge < -0.3 is 15.0 Å². The van der Waals surface area contributed by atoms with E-state index in [-0.39, 0.29) is 17.7 Å². The van der Waals surface area contributed by atoms with Crippen molar-refractivity contribution in [3.63, 3.8) is 0 Å². The number of carbonyl (C=O) groups excluding carboxylic acids is 2. The van der Waals surface area contributed by atoms with E-state index in [9.17, 15) is 9.59 Å². The molecule has 0 radical (unpaired) electrons. The Morgan fingerprint density at radius 1 is 1.36 bits per heavy atom. The van der Waals surface area contributed by atoms with Crippen LogP contribution in [0, 0.1) is 5.92 Å². The van der Waals surface area contributed by atoms with Crippen LogP contribution in [0.5, 0.6) is 5.75 Å². The lowest BCUT2D eigenvalue weighted by Crippen LogP contribution is -2.43. The average molecular weight is 379 g/mol. The Morgan fingerprint density at radius 3 is 2.88 bits per heavy atom. The molecule has 3 rings (SSSR count). The molecule has 5 nitrogen and oxygen atoms in total. The first-order chi connectivity index (χ1) is 12.1. The van der Waals surface area contributed by atoms with Gasteiger partial charge in [-0.15, -0.1) is 11.3 Å². The van der Waals surface area contributed by atoms with Crippen molar-refractivity contribution in [2.24, 2.45) is 5.92 Å². The molecule has 1 aromatic heterocycles. The van der Waals surface area contributed by atoms with E-state index >= 15 is 0 Å². The molecular weight excluding hydrogens is 360 g/mol. The fraction of sp³-hybridized carbons (Fsp3) is 0.333. The van der Waals surface area contributed by atoms with Crippen LogP contribution in [-0.2, 0) is 4.79 Å². The summed E-state index contributed by atoms with van der Waals surface area (Å²) in [5, 5.41) is 5.21. The highest BCUT2D eigenvalue weighted by Crippen LogP contribution is 2.28. The molecule has 2 heterocycles. The molecular formula is C18H19ClN2O3S. The van der Waals surface area contributed by atoms with Crippen LogP contribution in [0.4, 0.5) is 5.69 Å². The van der Waals surface area contributed by atoms with Crippen molar-refractivity contribution in [2.75, 3.05) is 25.5 Å². The first-order valence-electron chi connectivity index (χ1n) is 8.05. The second kappa shape index (κ2) is 7.89. The first-order valence-corrected chi connectivity index (χ1v) is 9.31. The maximum atomic E-state index is 12.6. The van der Waals surface area contributed by atoms with Crippen molar-refractivity contribution in [1.29, 1.82) is 0 Å². The minimum absolute atomic E-state index is 0.00000748. The molecule has 0 saturated carbocycles. The summed E-state index contributed by atoms with van der Waals surface area (Å²) in [4.78, 5) is 27.5. The van der Waals surface area contributed by atoms with Gasteiger partial charge in [0.05, 0.1) is 22.9 Å². The van der Waals surface area contributed by atoms with Crippen molar-refractivity contribution >= 4 is 40.4 Å². The van der Waals surface area contributed by atoms with Gasteiger partial charge in [0.2, 0.25) is 5.91 Å². The van der Waals surface area contributed by atoms with Crippen LogP contribution in [-0.4, -0.2) is 36.9 Å². The molecule has 1 fully saturated rings. The number of rotatable bonds is 4. The van der Waals surface area contributed by atoms with E-state index in [4.69, 9.17) is 16.3 Å². The lowest BCUT2D eigenvalue weighted by molar-refractivity contribution is -0.121. The normalized spacial score (nSPS) is 17.2. The number of piperidine rings is 1. The highest BCUT2D eigenvalue weighted by Gasteiger charge is 2.29. The fourth-order valence-electron chi connectivity index (χ4n) is 2.92. The number of benzene rings is 1.